The molecular formula is C25H18FN5. The normalized spacial score (nSPS) is 11.7. The molecule has 6 aromatic rings. The number of imidazole rings is 2. The fourth-order valence-corrected chi connectivity index (χ4v) is 4.30. The Kier molecular flexibility index (Phi) is 3.71. The molecule has 2 N–H and O–H groups in total. The van der Waals surface area contributed by atoms with Crippen molar-refractivity contribution < 1.29 is 4.39 Å². The van der Waals surface area contributed by atoms with Gasteiger partial charge >= 0.3 is 0 Å². The lowest BCUT2D eigenvalue weighted by Crippen LogP contribution is -1.89. The summed E-state index contributed by atoms with van der Waals surface area (Å²) < 4.78 is 14.9. The minimum atomic E-state index is -0.288. The summed E-state index contributed by atoms with van der Waals surface area (Å²) in [6, 6.07) is 15.4. The first-order valence-corrected chi connectivity index (χ1v) is 10.1. The lowest BCUT2D eigenvalue weighted by atomic mass is 9.97. The number of hydrogen-bond acceptors (Lipinski definition) is 3. The second-order valence-electron chi connectivity index (χ2n) is 7.78. The second-order valence-corrected chi connectivity index (χ2v) is 7.78. The summed E-state index contributed by atoms with van der Waals surface area (Å²) in [6.45, 7) is 3.80. The summed E-state index contributed by atoms with van der Waals surface area (Å²) >= 11 is 0. The molecule has 0 aliphatic rings. The van der Waals surface area contributed by atoms with E-state index in [1.54, 1.807) is 24.5 Å². The van der Waals surface area contributed by atoms with Gasteiger partial charge in [0.1, 0.15) is 17.5 Å². The minimum Gasteiger partial charge on any atom is -0.342 e. The van der Waals surface area contributed by atoms with Crippen LogP contribution in [0.25, 0.3) is 55.1 Å². The maximum absolute atomic E-state index is 14.9. The Morgan fingerprint density at radius 3 is 2.42 bits per heavy atom. The Morgan fingerprint density at radius 1 is 0.774 bits per heavy atom. The van der Waals surface area contributed by atoms with Gasteiger partial charge < -0.3 is 9.97 Å². The monoisotopic (exact) mass is 407 g/mol. The number of halogens is 1. The van der Waals surface area contributed by atoms with Gasteiger partial charge in [0.2, 0.25) is 0 Å². The number of nitrogens with one attached hydrogen (secondary N) is 2. The molecule has 0 amide bonds. The molecule has 0 unspecified atom stereocenters. The Balaban J connectivity index is 1.57. The molecule has 0 bridgehead atoms. The van der Waals surface area contributed by atoms with E-state index < -0.39 is 0 Å². The van der Waals surface area contributed by atoms with Crippen molar-refractivity contribution in [1.29, 1.82) is 0 Å². The highest BCUT2D eigenvalue weighted by Gasteiger charge is 2.14. The predicted molar refractivity (Wildman–Crippen MR) is 121 cm³/mol. The van der Waals surface area contributed by atoms with Crippen molar-refractivity contribution in [2.45, 2.75) is 13.8 Å². The van der Waals surface area contributed by atoms with Crippen molar-refractivity contribution in [2.75, 3.05) is 0 Å². The van der Waals surface area contributed by atoms with Gasteiger partial charge in [0.15, 0.2) is 0 Å². The third kappa shape index (κ3) is 2.72. The van der Waals surface area contributed by atoms with E-state index in [0.717, 1.165) is 55.5 Å². The largest absolute Gasteiger partial charge is 0.342 e. The number of hydrogen-bond donors (Lipinski definition) is 2. The van der Waals surface area contributed by atoms with E-state index >= 15 is 0 Å². The van der Waals surface area contributed by atoms with E-state index in [2.05, 4.69) is 37.1 Å². The smallest absolute Gasteiger partial charge is 0.133 e. The van der Waals surface area contributed by atoms with Gasteiger partial charge in [-0.3, -0.25) is 4.98 Å². The summed E-state index contributed by atoms with van der Waals surface area (Å²) in [5.41, 5.74) is 5.73. The van der Waals surface area contributed by atoms with Crippen LogP contribution in [0.5, 0.6) is 0 Å². The maximum Gasteiger partial charge on any atom is 0.133 e. The Labute approximate surface area is 177 Å². The van der Waals surface area contributed by atoms with Crippen molar-refractivity contribution in [1.82, 2.24) is 24.9 Å². The third-order valence-electron chi connectivity index (χ3n) is 5.72. The summed E-state index contributed by atoms with van der Waals surface area (Å²) in [5.74, 6) is 1.33. The molecule has 3 aromatic carbocycles. The van der Waals surface area contributed by atoms with Gasteiger partial charge in [-0.25, -0.2) is 14.4 Å². The summed E-state index contributed by atoms with van der Waals surface area (Å²) in [6.07, 6.45) is 3.44. The lowest BCUT2D eigenvalue weighted by Gasteiger charge is -2.09. The summed E-state index contributed by atoms with van der Waals surface area (Å²) in [4.78, 5) is 19.9. The first-order valence-electron chi connectivity index (χ1n) is 10.1. The van der Waals surface area contributed by atoms with Gasteiger partial charge in [-0.05, 0) is 55.3 Å². The molecule has 6 heteroatoms. The second kappa shape index (κ2) is 6.47. The lowest BCUT2D eigenvalue weighted by molar-refractivity contribution is 0.631. The summed E-state index contributed by atoms with van der Waals surface area (Å²) in [7, 11) is 0. The van der Waals surface area contributed by atoms with Crippen molar-refractivity contribution in [3.05, 3.63) is 78.4 Å². The number of nitrogens with zero attached hydrogens (tertiary/aromatic N) is 3. The van der Waals surface area contributed by atoms with Crippen LogP contribution in [0, 0.1) is 19.7 Å². The van der Waals surface area contributed by atoms with Crippen LogP contribution in [0.4, 0.5) is 4.39 Å². The number of aromatic amines is 2. The number of H-pyrrole nitrogens is 2. The summed E-state index contributed by atoms with van der Waals surface area (Å²) in [5, 5.41) is 3.07. The van der Waals surface area contributed by atoms with Crippen LogP contribution in [0.15, 0.2) is 60.9 Å². The zero-order valence-electron chi connectivity index (χ0n) is 17.0. The number of benzene rings is 3. The average molecular weight is 407 g/mol. The number of aromatic nitrogens is 5. The van der Waals surface area contributed by atoms with E-state index in [-0.39, 0.29) is 5.82 Å². The van der Waals surface area contributed by atoms with E-state index in [1.165, 1.54) is 0 Å². The van der Waals surface area contributed by atoms with Gasteiger partial charge in [-0.1, -0.05) is 18.2 Å². The molecule has 3 aromatic heterocycles. The molecule has 0 fully saturated rings. The van der Waals surface area contributed by atoms with Crippen LogP contribution >= 0.6 is 0 Å². The van der Waals surface area contributed by atoms with E-state index in [0.29, 0.717) is 11.3 Å². The van der Waals surface area contributed by atoms with Gasteiger partial charge in [0.25, 0.3) is 0 Å². The number of fused-ring (bicyclic) bond motifs is 6. The zero-order chi connectivity index (χ0) is 21.1. The third-order valence-corrected chi connectivity index (χ3v) is 5.72. The van der Waals surface area contributed by atoms with Crippen molar-refractivity contribution in [2.24, 2.45) is 0 Å². The molecule has 0 spiro atoms. The van der Waals surface area contributed by atoms with Gasteiger partial charge in [-0.15, -0.1) is 0 Å². The Morgan fingerprint density at radius 2 is 1.61 bits per heavy atom. The zero-order valence-corrected chi connectivity index (χ0v) is 17.0. The molecule has 0 aliphatic carbocycles. The Bertz CT molecular complexity index is 1630. The molecule has 0 aliphatic heterocycles. The predicted octanol–water partition coefficient (Wildman–Crippen LogP) is 6.08. The molecular weight excluding hydrogens is 389 g/mol. The first kappa shape index (κ1) is 17.8. The van der Waals surface area contributed by atoms with Crippen LogP contribution in [0.2, 0.25) is 0 Å². The molecule has 5 nitrogen and oxygen atoms in total. The van der Waals surface area contributed by atoms with Crippen molar-refractivity contribution >= 4 is 32.7 Å². The van der Waals surface area contributed by atoms with Crippen LogP contribution in [0.3, 0.4) is 0 Å². The topological polar surface area (TPSA) is 70.2 Å². The number of rotatable bonds is 2. The molecule has 150 valence electrons. The molecule has 0 radical (unpaired) electrons. The van der Waals surface area contributed by atoms with Crippen molar-refractivity contribution in [3.8, 4) is 22.4 Å². The van der Waals surface area contributed by atoms with Crippen LogP contribution < -0.4 is 0 Å². The first-order chi connectivity index (χ1) is 15.1. The maximum atomic E-state index is 14.9. The molecule has 0 saturated carbocycles. The molecule has 31 heavy (non-hydrogen) atoms. The Hall–Kier alpha value is -4.06. The quantitative estimate of drug-likeness (QED) is 0.342. The van der Waals surface area contributed by atoms with E-state index in [4.69, 9.17) is 0 Å². The average Bonchev–Trinajstić information content (AvgIpc) is 3.39. The number of aryl methyl sites for hydroxylation is 2. The highest BCUT2D eigenvalue weighted by molar-refractivity contribution is 6.22. The number of pyridine rings is 1. The minimum absolute atomic E-state index is 0.288. The highest BCUT2D eigenvalue weighted by Crippen LogP contribution is 2.36. The van der Waals surface area contributed by atoms with E-state index in [1.807, 2.05) is 38.1 Å². The van der Waals surface area contributed by atoms with Crippen LogP contribution in [0.1, 0.15) is 11.6 Å². The van der Waals surface area contributed by atoms with Crippen molar-refractivity contribution in [3.63, 3.8) is 0 Å². The fraction of sp³-hybridized carbons (Fsp3) is 0.0800. The van der Waals surface area contributed by atoms with Gasteiger partial charge in [0, 0.05) is 27.9 Å². The molecule has 0 saturated heterocycles. The van der Waals surface area contributed by atoms with Gasteiger partial charge in [-0.2, -0.15) is 0 Å². The SMILES string of the molecule is Cc1ncc(-c2ccc(-c3ccc4c(c3)c3ncccc3c3nc(C)[nH]c43)cc2F)[nH]1. The highest BCUT2D eigenvalue weighted by atomic mass is 19.1. The van der Waals surface area contributed by atoms with E-state index in [9.17, 15) is 4.39 Å². The standard InChI is InChI=1S/C25H18FN5/c1-13-28-12-22(29-13)18-8-6-16(11-21(18)26)15-5-7-17-20(10-15)23-19(4-3-9-27-23)25-24(17)30-14(2)31-25/h3-12H,1-2H3,(H,28,29)(H,30,31). The van der Waals surface area contributed by atoms with Crippen LogP contribution in [-0.2, 0) is 0 Å². The van der Waals surface area contributed by atoms with Gasteiger partial charge in [0.05, 0.1) is 28.4 Å². The molecule has 3 heterocycles. The molecule has 6 rings (SSSR count). The van der Waals surface area contributed by atoms with Crippen LogP contribution in [-0.4, -0.2) is 24.9 Å². The molecule has 0 atom stereocenters. The fourth-order valence-electron chi connectivity index (χ4n) is 4.30.